The predicted octanol–water partition coefficient (Wildman–Crippen LogP) is 1.54. The van der Waals surface area contributed by atoms with Gasteiger partial charge in [-0.25, -0.2) is 0 Å². The van der Waals surface area contributed by atoms with Gasteiger partial charge >= 0.3 is 0 Å². The second kappa shape index (κ2) is 5.80. The van der Waals surface area contributed by atoms with Gasteiger partial charge in [0.05, 0.1) is 19.7 Å². The summed E-state index contributed by atoms with van der Waals surface area (Å²) in [7, 11) is 0. The van der Waals surface area contributed by atoms with Crippen molar-refractivity contribution in [2.24, 2.45) is 4.99 Å². The summed E-state index contributed by atoms with van der Waals surface area (Å²) in [5, 5.41) is 3.60. The van der Waals surface area contributed by atoms with Crippen LogP contribution >= 0.6 is 11.6 Å². The van der Waals surface area contributed by atoms with Gasteiger partial charge in [0.2, 0.25) is 0 Å². The molecule has 4 nitrogen and oxygen atoms in total. The lowest BCUT2D eigenvalue weighted by Crippen LogP contribution is -2.35. The van der Waals surface area contributed by atoms with E-state index in [2.05, 4.69) is 10.3 Å². The van der Waals surface area contributed by atoms with Gasteiger partial charge < -0.3 is 10.1 Å². The number of carbonyl (C=O) groups is 1. The van der Waals surface area contributed by atoms with Gasteiger partial charge in [0.1, 0.15) is 12.4 Å². The van der Waals surface area contributed by atoms with Crippen LogP contribution in [0.25, 0.3) is 0 Å². The minimum Gasteiger partial charge on any atom is -0.372 e. The van der Waals surface area contributed by atoms with Crippen LogP contribution in [0.2, 0.25) is 5.02 Å². The van der Waals surface area contributed by atoms with Gasteiger partial charge in [-0.3, -0.25) is 9.79 Å². The van der Waals surface area contributed by atoms with Crippen LogP contribution in [0.3, 0.4) is 0 Å². The number of hydrogen-bond donors (Lipinski definition) is 1. The van der Waals surface area contributed by atoms with Gasteiger partial charge in [-0.1, -0.05) is 11.6 Å². The standard InChI is InChI=1S/C12H13ClN2O2/c13-10-3-1-9(2-4-10)11(16)7-15-12-8-17-6-5-14-12/h1-4H,5-8H2,(H,14,15). The van der Waals surface area contributed by atoms with Crippen molar-refractivity contribution in [2.75, 3.05) is 26.3 Å². The maximum Gasteiger partial charge on any atom is 0.181 e. The molecule has 0 amide bonds. The third kappa shape index (κ3) is 3.54. The lowest BCUT2D eigenvalue weighted by atomic mass is 10.1. The molecule has 0 fully saturated rings. The highest BCUT2D eigenvalue weighted by molar-refractivity contribution is 6.30. The van der Waals surface area contributed by atoms with Gasteiger partial charge in [-0.05, 0) is 24.3 Å². The zero-order valence-electron chi connectivity index (χ0n) is 9.28. The van der Waals surface area contributed by atoms with Crippen molar-refractivity contribution in [3.05, 3.63) is 34.9 Å². The van der Waals surface area contributed by atoms with Crippen molar-refractivity contribution < 1.29 is 9.53 Å². The third-order valence-corrected chi connectivity index (χ3v) is 2.65. The number of ketones is 1. The van der Waals surface area contributed by atoms with Crippen LogP contribution in [0.5, 0.6) is 0 Å². The fourth-order valence-corrected chi connectivity index (χ4v) is 1.61. The highest BCUT2D eigenvalue weighted by atomic mass is 35.5. The summed E-state index contributed by atoms with van der Waals surface area (Å²) in [5.74, 6) is 0.744. The molecule has 1 N–H and O–H groups in total. The van der Waals surface area contributed by atoms with Crippen LogP contribution in [0, 0.1) is 0 Å². The Labute approximate surface area is 105 Å². The average molecular weight is 253 g/mol. The molecule has 0 aliphatic carbocycles. The van der Waals surface area contributed by atoms with Crippen molar-refractivity contribution in [2.45, 2.75) is 0 Å². The van der Waals surface area contributed by atoms with E-state index >= 15 is 0 Å². The fourth-order valence-electron chi connectivity index (χ4n) is 1.49. The monoisotopic (exact) mass is 252 g/mol. The van der Waals surface area contributed by atoms with E-state index < -0.39 is 0 Å². The number of rotatable bonds is 3. The first-order valence-electron chi connectivity index (χ1n) is 5.39. The average Bonchev–Trinajstić information content (AvgIpc) is 2.38. The van der Waals surface area contributed by atoms with E-state index in [9.17, 15) is 4.79 Å². The number of amidine groups is 1. The van der Waals surface area contributed by atoms with Gasteiger partial charge in [-0.2, -0.15) is 0 Å². The lowest BCUT2D eigenvalue weighted by Gasteiger charge is -2.14. The normalized spacial score (nSPS) is 15.2. The lowest BCUT2D eigenvalue weighted by molar-refractivity contribution is 0.0994. The first-order valence-corrected chi connectivity index (χ1v) is 5.77. The molecule has 1 heterocycles. The maximum atomic E-state index is 11.8. The SMILES string of the molecule is O=C(CNC1=NCCOC1)c1ccc(Cl)cc1. The molecular formula is C12H13ClN2O2. The molecular weight excluding hydrogens is 240 g/mol. The Hall–Kier alpha value is -1.39. The van der Waals surface area contributed by atoms with Crippen LogP contribution in [0.1, 0.15) is 10.4 Å². The minimum atomic E-state index is 0.00920. The Morgan fingerprint density at radius 1 is 1.41 bits per heavy atom. The quantitative estimate of drug-likeness (QED) is 0.831. The smallest absolute Gasteiger partial charge is 0.181 e. The predicted molar refractivity (Wildman–Crippen MR) is 66.9 cm³/mol. The maximum absolute atomic E-state index is 11.8. The number of ether oxygens (including phenoxy) is 1. The number of nitrogens with zero attached hydrogens (tertiary/aromatic N) is 1. The zero-order valence-corrected chi connectivity index (χ0v) is 10.0. The van der Waals surface area contributed by atoms with Crippen molar-refractivity contribution >= 4 is 23.2 Å². The van der Waals surface area contributed by atoms with E-state index in [-0.39, 0.29) is 12.3 Å². The van der Waals surface area contributed by atoms with Crippen molar-refractivity contribution in [1.82, 2.24) is 5.32 Å². The molecule has 0 saturated heterocycles. The summed E-state index contributed by atoms with van der Waals surface area (Å²) in [6.07, 6.45) is 0. The first-order chi connectivity index (χ1) is 8.25. The Morgan fingerprint density at radius 2 is 2.18 bits per heavy atom. The van der Waals surface area contributed by atoms with E-state index in [0.29, 0.717) is 30.3 Å². The highest BCUT2D eigenvalue weighted by Gasteiger charge is 2.09. The van der Waals surface area contributed by atoms with E-state index in [4.69, 9.17) is 16.3 Å². The first kappa shape index (κ1) is 12.1. The van der Waals surface area contributed by atoms with Crippen molar-refractivity contribution in [3.8, 4) is 0 Å². The van der Waals surface area contributed by atoms with Gasteiger partial charge in [0.15, 0.2) is 5.78 Å². The molecule has 1 aromatic carbocycles. The van der Waals surface area contributed by atoms with E-state index in [1.54, 1.807) is 24.3 Å². The van der Waals surface area contributed by atoms with Gasteiger partial charge in [-0.15, -0.1) is 0 Å². The molecule has 1 aliphatic heterocycles. The van der Waals surface area contributed by atoms with Crippen LogP contribution in [-0.4, -0.2) is 37.9 Å². The molecule has 1 aliphatic rings. The Bertz CT molecular complexity index is 429. The second-order valence-corrected chi connectivity index (χ2v) is 4.10. The number of halogens is 1. The second-order valence-electron chi connectivity index (χ2n) is 3.66. The summed E-state index contributed by atoms with van der Waals surface area (Å²) < 4.78 is 5.21. The Kier molecular flexibility index (Phi) is 4.12. The molecule has 2 rings (SSSR count). The number of nitrogens with one attached hydrogen (secondary N) is 1. The Balaban J connectivity index is 1.88. The zero-order chi connectivity index (χ0) is 12.1. The summed E-state index contributed by atoms with van der Waals surface area (Å²) in [4.78, 5) is 16.0. The minimum absolute atomic E-state index is 0.00920. The molecule has 0 atom stereocenters. The largest absolute Gasteiger partial charge is 0.372 e. The number of Topliss-reactive ketones (excluding diaryl/α,β-unsaturated/α-hetero) is 1. The molecule has 17 heavy (non-hydrogen) atoms. The van der Waals surface area contributed by atoms with Gasteiger partial charge in [0.25, 0.3) is 0 Å². The molecule has 0 radical (unpaired) electrons. The van der Waals surface area contributed by atoms with Crippen molar-refractivity contribution in [3.63, 3.8) is 0 Å². The van der Waals surface area contributed by atoms with Crippen LogP contribution in [0.15, 0.2) is 29.3 Å². The molecule has 90 valence electrons. The summed E-state index contributed by atoms with van der Waals surface area (Å²) in [5.41, 5.74) is 0.638. The molecule has 5 heteroatoms. The highest BCUT2D eigenvalue weighted by Crippen LogP contribution is 2.09. The molecule has 1 aromatic rings. The molecule has 0 spiro atoms. The van der Waals surface area contributed by atoms with E-state index in [1.807, 2.05) is 0 Å². The van der Waals surface area contributed by atoms with E-state index in [1.165, 1.54) is 0 Å². The number of hydrogen-bond acceptors (Lipinski definition) is 4. The van der Waals surface area contributed by atoms with Crippen LogP contribution in [0.4, 0.5) is 0 Å². The number of carbonyl (C=O) groups excluding carboxylic acids is 1. The van der Waals surface area contributed by atoms with Crippen LogP contribution in [-0.2, 0) is 4.74 Å². The molecule has 0 saturated carbocycles. The summed E-state index contributed by atoms with van der Waals surface area (Å²) in [6, 6.07) is 6.84. The molecule has 0 unspecified atom stereocenters. The third-order valence-electron chi connectivity index (χ3n) is 2.40. The van der Waals surface area contributed by atoms with E-state index in [0.717, 1.165) is 5.84 Å². The topological polar surface area (TPSA) is 50.7 Å². The summed E-state index contributed by atoms with van der Waals surface area (Å²) in [6.45, 7) is 1.98. The number of benzene rings is 1. The Morgan fingerprint density at radius 3 is 2.82 bits per heavy atom. The summed E-state index contributed by atoms with van der Waals surface area (Å²) >= 11 is 5.75. The number of aliphatic imine (C=N–C) groups is 1. The molecule has 0 bridgehead atoms. The van der Waals surface area contributed by atoms with Gasteiger partial charge in [0, 0.05) is 10.6 Å². The fraction of sp³-hybridized carbons (Fsp3) is 0.333. The van der Waals surface area contributed by atoms with Crippen molar-refractivity contribution in [1.29, 1.82) is 0 Å². The molecule has 0 aromatic heterocycles. The van der Waals surface area contributed by atoms with Crippen LogP contribution < -0.4 is 5.32 Å².